The van der Waals surface area contributed by atoms with Gasteiger partial charge in [0.1, 0.15) is 6.61 Å². The fraction of sp³-hybridized carbons (Fsp3) is 0.375. The molecular weight excluding hydrogens is 254 g/mol. The number of imide groups is 1. The van der Waals surface area contributed by atoms with Gasteiger partial charge in [0, 0.05) is 18.4 Å². The monoisotopic (exact) mass is 271 g/mol. The number of anilines is 1. The van der Waals surface area contributed by atoms with E-state index < -0.39 is 0 Å². The van der Waals surface area contributed by atoms with Gasteiger partial charge in [0.2, 0.25) is 11.8 Å². The van der Waals surface area contributed by atoms with E-state index >= 15 is 0 Å². The van der Waals surface area contributed by atoms with Gasteiger partial charge in [-0.3, -0.25) is 14.5 Å². The van der Waals surface area contributed by atoms with Crippen LogP contribution >= 0.6 is 0 Å². The Hall–Kier alpha value is -2.12. The summed E-state index contributed by atoms with van der Waals surface area (Å²) < 4.78 is 0. The number of aliphatic hydroxyl groups is 1. The predicted molar refractivity (Wildman–Crippen MR) is 76.0 cm³/mol. The maximum atomic E-state index is 12.0. The summed E-state index contributed by atoms with van der Waals surface area (Å²) >= 11 is 0. The first kappa shape index (κ1) is 14.3. The van der Waals surface area contributed by atoms with Crippen LogP contribution in [-0.4, -0.2) is 23.5 Å². The van der Waals surface area contributed by atoms with Crippen LogP contribution in [-0.2, 0) is 9.59 Å². The van der Waals surface area contributed by atoms with Gasteiger partial charge in [0.25, 0.3) is 0 Å². The lowest BCUT2D eigenvalue weighted by molar-refractivity contribution is -0.130. The molecule has 0 unspecified atom stereocenters. The number of piperidine rings is 1. The molecule has 1 saturated heterocycles. The van der Waals surface area contributed by atoms with Crippen molar-refractivity contribution in [3.05, 3.63) is 29.3 Å². The molecule has 1 aromatic carbocycles. The minimum atomic E-state index is -0.192. The molecule has 0 aromatic heterocycles. The van der Waals surface area contributed by atoms with Gasteiger partial charge < -0.3 is 5.11 Å². The molecule has 4 heteroatoms. The summed E-state index contributed by atoms with van der Waals surface area (Å²) in [6, 6.07) is 5.28. The Morgan fingerprint density at radius 3 is 2.50 bits per heavy atom. The van der Waals surface area contributed by atoms with Crippen LogP contribution in [0.25, 0.3) is 0 Å². The lowest BCUT2D eigenvalue weighted by Crippen LogP contribution is -2.42. The summed E-state index contributed by atoms with van der Waals surface area (Å²) in [7, 11) is 0. The summed E-state index contributed by atoms with van der Waals surface area (Å²) in [4.78, 5) is 25.3. The third-order valence-electron chi connectivity index (χ3n) is 3.32. The molecule has 1 aromatic rings. The van der Waals surface area contributed by atoms with E-state index in [2.05, 4.69) is 11.8 Å². The van der Waals surface area contributed by atoms with Crippen LogP contribution in [0.5, 0.6) is 0 Å². The first-order valence-corrected chi connectivity index (χ1v) is 6.59. The fourth-order valence-electron chi connectivity index (χ4n) is 2.34. The van der Waals surface area contributed by atoms with Gasteiger partial charge in [-0.2, -0.15) is 0 Å². The number of benzene rings is 1. The molecule has 0 spiro atoms. The Labute approximate surface area is 118 Å². The highest BCUT2D eigenvalue weighted by molar-refractivity contribution is 6.16. The van der Waals surface area contributed by atoms with Gasteiger partial charge in [-0.15, -0.1) is 0 Å². The van der Waals surface area contributed by atoms with Gasteiger partial charge in [-0.25, -0.2) is 0 Å². The van der Waals surface area contributed by atoms with Crippen LogP contribution in [0.2, 0.25) is 0 Å². The summed E-state index contributed by atoms with van der Waals surface area (Å²) in [5.74, 6) is 5.23. The van der Waals surface area contributed by atoms with Crippen molar-refractivity contribution >= 4 is 17.5 Å². The number of rotatable bonds is 1. The van der Waals surface area contributed by atoms with Crippen molar-refractivity contribution in [2.75, 3.05) is 11.5 Å². The van der Waals surface area contributed by atoms with Gasteiger partial charge in [0.05, 0.1) is 5.69 Å². The van der Waals surface area contributed by atoms with Crippen molar-refractivity contribution in [2.45, 2.75) is 26.7 Å². The average molecular weight is 271 g/mol. The molecule has 0 atom stereocenters. The maximum Gasteiger partial charge on any atom is 0.234 e. The van der Waals surface area contributed by atoms with E-state index in [1.807, 2.05) is 13.8 Å². The van der Waals surface area contributed by atoms with Crippen LogP contribution in [0.3, 0.4) is 0 Å². The van der Waals surface area contributed by atoms with Crippen LogP contribution in [0, 0.1) is 24.7 Å². The molecule has 1 heterocycles. The van der Waals surface area contributed by atoms with Crippen LogP contribution in [0.1, 0.15) is 30.9 Å². The Morgan fingerprint density at radius 2 is 1.95 bits per heavy atom. The first-order valence-electron chi connectivity index (χ1n) is 6.59. The smallest absolute Gasteiger partial charge is 0.234 e. The van der Waals surface area contributed by atoms with E-state index in [9.17, 15) is 9.59 Å². The zero-order valence-electron chi connectivity index (χ0n) is 11.6. The minimum absolute atomic E-state index is 0.113. The van der Waals surface area contributed by atoms with Crippen molar-refractivity contribution in [3.8, 4) is 11.8 Å². The molecule has 0 saturated carbocycles. The second kappa shape index (κ2) is 5.89. The number of aryl methyl sites for hydroxylation is 1. The fourth-order valence-corrected chi connectivity index (χ4v) is 2.34. The number of carbonyl (C=O) groups is 2. The molecular formula is C16H17NO3. The highest BCUT2D eigenvalue weighted by Crippen LogP contribution is 2.26. The number of hydrogen-bond donors (Lipinski definition) is 1. The third-order valence-corrected chi connectivity index (χ3v) is 3.32. The maximum absolute atomic E-state index is 12.0. The quantitative estimate of drug-likeness (QED) is 0.624. The molecule has 1 aliphatic heterocycles. The number of hydrogen-bond acceptors (Lipinski definition) is 3. The van der Waals surface area contributed by atoms with Gasteiger partial charge in [-0.1, -0.05) is 18.8 Å². The lowest BCUT2D eigenvalue weighted by atomic mass is 9.97. The van der Waals surface area contributed by atoms with E-state index in [-0.39, 0.29) is 24.3 Å². The molecule has 1 N–H and O–H groups in total. The standard InChI is InChI=1S/C16H17NO3/c1-11-8-15(19)17(16(20)9-11)14-6-5-13(4-3-7-18)12(2)10-14/h5-6,10-11,18H,7-9H2,1-2H3. The molecule has 0 bridgehead atoms. The van der Waals surface area contributed by atoms with Gasteiger partial charge in [0.15, 0.2) is 0 Å². The summed E-state index contributed by atoms with van der Waals surface area (Å²) in [5, 5.41) is 8.70. The van der Waals surface area contributed by atoms with Crippen molar-refractivity contribution in [2.24, 2.45) is 5.92 Å². The molecule has 20 heavy (non-hydrogen) atoms. The second-order valence-electron chi connectivity index (χ2n) is 5.10. The molecule has 1 fully saturated rings. The topological polar surface area (TPSA) is 57.6 Å². The van der Waals surface area contributed by atoms with Crippen LogP contribution in [0.4, 0.5) is 5.69 Å². The normalized spacial score (nSPS) is 16.1. The molecule has 2 amide bonds. The van der Waals surface area contributed by atoms with E-state index in [4.69, 9.17) is 5.11 Å². The van der Waals surface area contributed by atoms with E-state index in [1.165, 1.54) is 4.90 Å². The summed E-state index contributed by atoms with van der Waals surface area (Å²) in [6.45, 7) is 3.58. The third kappa shape index (κ3) is 2.89. The summed E-state index contributed by atoms with van der Waals surface area (Å²) in [6.07, 6.45) is 0.799. The zero-order chi connectivity index (χ0) is 14.7. The average Bonchev–Trinajstić information content (AvgIpc) is 2.36. The van der Waals surface area contributed by atoms with Gasteiger partial charge in [-0.05, 0) is 36.6 Å². The minimum Gasteiger partial charge on any atom is -0.384 e. The summed E-state index contributed by atoms with van der Waals surface area (Å²) in [5.41, 5.74) is 2.26. The van der Waals surface area contributed by atoms with Crippen molar-refractivity contribution in [1.82, 2.24) is 0 Å². The predicted octanol–water partition coefficient (Wildman–Crippen LogP) is 1.63. The molecule has 104 valence electrons. The number of aliphatic hydroxyl groups excluding tert-OH is 1. The Balaban J connectivity index is 2.32. The highest BCUT2D eigenvalue weighted by atomic mass is 16.2. The zero-order valence-corrected chi connectivity index (χ0v) is 11.6. The number of carbonyl (C=O) groups excluding carboxylic acids is 2. The van der Waals surface area contributed by atoms with Gasteiger partial charge >= 0.3 is 0 Å². The molecule has 2 rings (SSSR count). The largest absolute Gasteiger partial charge is 0.384 e. The Morgan fingerprint density at radius 1 is 1.30 bits per heavy atom. The van der Waals surface area contributed by atoms with Crippen molar-refractivity contribution in [1.29, 1.82) is 0 Å². The molecule has 0 radical (unpaired) electrons. The lowest BCUT2D eigenvalue weighted by Gasteiger charge is -2.28. The SMILES string of the molecule is Cc1cc(N2C(=O)CC(C)CC2=O)ccc1C#CCO. The first-order chi connectivity index (χ1) is 9.52. The van der Waals surface area contributed by atoms with E-state index in [0.29, 0.717) is 18.5 Å². The highest BCUT2D eigenvalue weighted by Gasteiger charge is 2.31. The second-order valence-corrected chi connectivity index (χ2v) is 5.10. The van der Waals surface area contributed by atoms with Crippen molar-refractivity contribution in [3.63, 3.8) is 0 Å². The Kier molecular flexibility index (Phi) is 4.21. The number of amides is 2. The molecule has 4 nitrogen and oxygen atoms in total. The molecule has 1 aliphatic rings. The van der Waals surface area contributed by atoms with Crippen LogP contribution in [0.15, 0.2) is 18.2 Å². The van der Waals surface area contributed by atoms with E-state index in [1.54, 1.807) is 18.2 Å². The molecule has 0 aliphatic carbocycles. The van der Waals surface area contributed by atoms with Crippen LogP contribution < -0.4 is 4.90 Å². The van der Waals surface area contributed by atoms with Crippen molar-refractivity contribution < 1.29 is 14.7 Å². The Bertz CT molecular complexity index is 592. The van der Waals surface area contributed by atoms with E-state index in [0.717, 1.165) is 11.1 Å². The number of nitrogens with zero attached hydrogens (tertiary/aromatic N) is 1.